The number of aromatic amines is 1. The van der Waals surface area contributed by atoms with Crippen LogP contribution in [0, 0.1) is 5.82 Å². The first-order chi connectivity index (χ1) is 14.1. The molecule has 3 aromatic rings. The van der Waals surface area contributed by atoms with Crippen molar-refractivity contribution in [3.05, 3.63) is 70.6 Å². The zero-order valence-electron chi connectivity index (χ0n) is 16.5. The lowest BCUT2D eigenvalue weighted by Crippen LogP contribution is -2.42. The summed E-state index contributed by atoms with van der Waals surface area (Å²) in [6.07, 6.45) is 2.65. The molecule has 9 heteroatoms. The fraction of sp³-hybridized carbons (Fsp3) is 0.238. The second kappa shape index (κ2) is 11.8. The Labute approximate surface area is 196 Å². The van der Waals surface area contributed by atoms with E-state index in [4.69, 9.17) is 11.6 Å². The van der Waals surface area contributed by atoms with Gasteiger partial charge >= 0.3 is 0 Å². The van der Waals surface area contributed by atoms with Gasteiger partial charge < -0.3 is 20.9 Å². The number of H-pyrrole nitrogens is 1. The maximum Gasteiger partial charge on any atom is 0.252 e. The molecule has 2 aromatic carbocycles. The molecule has 6 nitrogen and oxygen atoms in total. The summed E-state index contributed by atoms with van der Waals surface area (Å²) >= 11 is 6.02. The summed E-state index contributed by atoms with van der Waals surface area (Å²) in [7, 11) is 1.69. The van der Waals surface area contributed by atoms with E-state index in [9.17, 15) is 9.18 Å². The van der Waals surface area contributed by atoms with Crippen LogP contribution in [0.15, 0.2) is 53.7 Å². The van der Waals surface area contributed by atoms with Gasteiger partial charge in [0, 0.05) is 43.8 Å². The van der Waals surface area contributed by atoms with E-state index in [-0.39, 0.29) is 35.7 Å². The summed E-state index contributed by atoms with van der Waals surface area (Å²) in [5.41, 5.74) is 2.35. The third kappa shape index (κ3) is 6.33. The van der Waals surface area contributed by atoms with E-state index in [0.717, 1.165) is 22.9 Å². The first-order valence-corrected chi connectivity index (χ1v) is 9.69. The van der Waals surface area contributed by atoms with Crippen LogP contribution in [-0.2, 0) is 6.42 Å². The number of carbonyl (C=O) groups is 1. The minimum Gasteiger partial charge on any atom is -0.361 e. The van der Waals surface area contributed by atoms with Crippen LogP contribution in [-0.4, -0.2) is 43.5 Å². The normalized spacial score (nSPS) is 11.1. The van der Waals surface area contributed by atoms with Gasteiger partial charge in [-0.2, -0.15) is 0 Å². The zero-order valence-corrected chi connectivity index (χ0v) is 19.6. The van der Waals surface area contributed by atoms with Gasteiger partial charge in [0.25, 0.3) is 5.91 Å². The Morgan fingerprint density at radius 1 is 1.10 bits per heavy atom. The lowest BCUT2D eigenvalue weighted by molar-refractivity contribution is 0.0954. The van der Waals surface area contributed by atoms with Crippen molar-refractivity contribution < 1.29 is 9.18 Å². The number of benzene rings is 2. The fourth-order valence-electron chi connectivity index (χ4n) is 3.00. The number of rotatable bonds is 7. The molecule has 30 heavy (non-hydrogen) atoms. The summed E-state index contributed by atoms with van der Waals surface area (Å²) in [5, 5.41) is 10.6. The summed E-state index contributed by atoms with van der Waals surface area (Å²) < 4.78 is 13.3. The maximum atomic E-state index is 13.3. The molecule has 0 aliphatic rings. The van der Waals surface area contributed by atoms with E-state index in [1.54, 1.807) is 37.4 Å². The predicted octanol–water partition coefficient (Wildman–Crippen LogP) is 3.72. The van der Waals surface area contributed by atoms with Crippen molar-refractivity contribution >= 4 is 58.3 Å². The van der Waals surface area contributed by atoms with E-state index in [2.05, 4.69) is 25.9 Å². The molecule has 1 heterocycles. The number of nitrogens with zero attached hydrogens (tertiary/aromatic N) is 1. The highest BCUT2D eigenvalue weighted by Gasteiger charge is 2.09. The van der Waals surface area contributed by atoms with E-state index in [1.165, 1.54) is 12.1 Å². The van der Waals surface area contributed by atoms with Crippen LogP contribution in [0.2, 0.25) is 5.02 Å². The van der Waals surface area contributed by atoms with Crippen molar-refractivity contribution in [3.8, 4) is 0 Å². The zero-order chi connectivity index (χ0) is 20.6. The Kier molecular flexibility index (Phi) is 9.38. The van der Waals surface area contributed by atoms with Gasteiger partial charge in [0.05, 0.1) is 10.6 Å². The fourth-order valence-corrected chi connectivity index (χ4v) is 3.22. The molecule has 1 aromatic heterocycles. The molecule has 160 valence electrons. The van der Waals surface area contributed by atoms with E-state index >= 15 is 0 Å². The van der Waals surface area contributed by atoms with E-state index in [0.29, 0.717) is 36.2 Å². The minimum absolute atomic E-state index is 0. The van der Waals surface area contributed by atoms with Gasteiger partial charge in [-0.15, -0.1) is 24.0 Å². The number of halogens is 3. The number of aliphatic imine (C=N–C) groups is 1. The molecule has 4 N–H and O–H groups in total. The summed E-state index contributed by atoms with van der Waals surface area (Å²) in [6.45, 7) is 1.61. The quantitative estimate of drug-likeness (QED) is 0.159. The topological polar surface area (TPSA) is 81.3 Å². The van der Waals surface area contributed by atoms with Gasteiger partial charge in [0.15, 0.2) is 5.96 Å². The molecule has 0 saturated heterocycles. The Morgan fingerprint density at radius 2 is 1.83 bits per heavy atom. The van der Waals surface area contributed by atoms with Crippen molar-refractivity contribution in [2.75, 3.05) is 26.7 Å². The van der Waals surface area contributed by atoms with Crippen LogP contribution >= 0.6 is 35.6 Å². The lowest BCUT2D eigenvalue weighted by atomic mass is 10.1. The number of hydrogen-bond acceptors (Lipinski definition) is 2. The first kappa shape index (κ1) is 23.9. The minimum atomic E-state index is -0.254. The molecule has 0 spiro atoms. The number of fused-ring (bicyclic) bond motifs is 1. The molecule has 0 bridgehead atoms. The predicted molar refractivity (Wildman–Crippen MR) is 131 cm³/mol. The first-order valence-electron chi connectivity index (χ1n) is 9.31. The molecule has 0 aliphatic heterocycles. The Morgan fingerprint density at radius 3 is 2.60 bits per heavy atom. The van der Waals surface area contributed by atoms with Gasteiger partial charge in [-0.3, -0.25) is 9.79 Å². The number of aromatic nitrogens is 1. The molecule has 3 rings (SSSR count). The SMILES string of the molecule is CN=C(NCCNC(=O)c1ccccc1Cl)NCCc1c[nH]c2cc(F)ccc12.I. The molecule has 0 fully saturated rings. The molecular weight excluding hydrogens is 520 g/mol. The van der Waals surface area contributed by atoms with E-state index in [1.807, 2.05) is 6.20 Å². The van der Waals surface area contributed by atoms with Crippen LogP contribution in [0.1, 0.15) is 15.9 Å². The summed E-state index contributed by atoms with van der Waals surface area (Å²) in [4.78, 5) is 19.4. The molecule has 0 radical (unpaired) electrons. The van der Waals surface area contributed by atoms with Crippen molar-refractivity contribution in [1.82, 2.24) is 20.9 Å². The third-order valence-electron chi connectivity index (χ3n) is 4.46. The van der Waals surface area contributed by atoms with Crippen molar-refractivity contribution in [3.63, 3.8) is 0 Å². The summed E-state index contributed by atoms with van der Waals surface area (Å²) in [6, 6.07) is 11.7. The highest BCUT2D eigenvalue weighted by molar-refractivity contribution is 14.0. The maximum absolute atomic E-state index is 13.3. The number of hydrogen-bond donors (Lipinski definition) is 4. The number of carbonyl (C=O) groups excluding carboxylic acids is 1. The van der Waals surface area contributed by atoms with Gasteiger partial charge in [0.2, 0.25) is 0 Å². The van der Waals surface area contributed by atoms with Crippen molar-refractivity contribution in [1.29, 1.82) is 0 Å². The Bertz CT molecular complexity index is 1020. The number of amides is 1. The summed E-state index contributed by atoms with van der Waals surface area (Å²) in [5.74, 6) is 0.175. The molecule has 1 amide bonds. The van der Waals surface area contributed by atoms with Gasteiger partial charge in [-0.25, -0.2) is 4.39 Å². The Balaban J connectivity index is 0.00000320. The second-order valence-corrected chi connectivity index (χ2v) is 6.82. The molecule has 0 unspecified atom stereocenters. The second-order valence-electron chi connectivity index (χ2n) is 6.42. The standard InChI is InChI=1S/C21H23ClFN5O.HI/c1-24-21(27-11-10-25-20(29)17-4-2-3-5-18(17)22)26-9-8-14-13-28-19-12-15(23)6-7-16(14)19;/h2-7,12-13,28H,8-11H2,1H3,(H,25,29)(H2,24,26,27);1H. The number of guanidine groups is 1. The van der Waals surface area contributed by atoms with E-state index < -0.39 is 0 Å². The van der Waals surface area contributed by atoms with Crippen molar-refractivity contribution in [2.45, 2.75) is 6.42 Å². The molecule has 0 saturated carbocycles. The average Bonchev–Trinajstić information content (AvgIpc) is 3.11. The molecule has 0 atom stereocenters. The monoisotopic (exact) mass is 543 g/mol. The lowest BCUT2D eigenvalue weighted by Gasteiger charge is -2.12. The van der Waals surface area contributed by atoms with Crippen LogP contribution in [0.3, 0.4) is 0 Å². The van der Waals surface area contributed by atoms with Crippen LogP contribution in [0.25, 0.3) is 10.9 Å². The highest BCUT2D eigenvalue weighted by Crippen LogP contribution is 2.19. The molecule has 0 aliphatic carbocycles. The smallest absolute Gasteiger partial charge is 0.252 e. The Hall–Kier alpha value is -2.33. The largest absolute Gasteiger partial charge is 0.361 e. The molecular formula is C21H24ClFIN5O. The van der Waals surface area contributed by atoms with Gasteiger partial charge in [-0.05, 0) is 42.3 Å². The van der Waals surface area contributed by atoms with Crippen LogP contribution in [0.4, 0.5) is 4.39 Å². The third-order valence-corrected chi connectivity index (χ3v) is 4.79. The number of nitrogens with one attached hydrogen (secondary N) is 4. The van der Waals surface area contributed by atoms with Gasteiger partial charge in [-0.1, -0.05) is 23.7 Å². The van der Waals surface area contributed by atoms with Crippen LogP contribution < -0.4 is 16.0 Å². The van der Waals surface area contributed by atoms with Crippen molar-refractivity contribution in [2.24, 2.45) is 4.99 Å². The van der Waals surface area contributed by atoms with Crippen LogP contribution in [0.5, 0.6) is 0 Å². The average molecular weight is 544 g/mol. The highest BCUT2D eigenvalue weighted by atomic mass is 127. The van der Waals surface area contributed by atoms with Gasteiger partial charge in [0.1, 0.15) is 5.82 Å².